The smallest absolute Gasteiger partial charge is 0.345 e. The Morgan fingerprint density at radius 3 is 2.38 bits per heavy atom. The number of benzene rings is 2. The third-order valence-electron chi connectivity index (χ3n) is 3.54. The van der Waals surface area contributed by atoms with Gasteiger partial charge in [-0.25, -0.2) is 18.4 Å². The van der Waals surface area contributed by atoms with Crippen LogP contribution in [-0.4, -0.2) is 29.1 Å². The van der Waals surface area contributed by atoms with Crippen molar-refractivity contribution in [3.05, 3.63) is 76.5 Å². The minimum Gasteiger partial charge on any atom is -0.345 e. The van der Waals surface area contributed by atoms with Gasteiger partial charge in [-0.2, -0.15) is 4.68 Å². The number of nitrogens with one attached hydrogen (secondary N) is 2. The summed E-state index contributed by atoms with van der Waals surface area (Å²) in [5, 5.41) is 11.6. The number of aromatic nitrogens is 3. The van der Waals surface area contributed by atoms with Crippen LogP contribution >= 0.6 is 0 Å². The standard InChI is InChI=1S/C16H15N5O4S/c17-26(24,25)13-8-6-11(7-9-13)10-18-15(22)14-19-16(23)21(20-14)12-4-2-1-3-5-12/h1-9H,10H2,(H,18,22)(H2,17,24,25)(H,19,20,23). The quantitative estimate of drug-likeness (QED) is 0.583. The Bertz CT molecular complexity index is 1090. The van der Waals surface area contributed by atoms with Crippen LogP contribution in [0.2, 0.25) is 0 Å². The number of nitrogens with two attached hydrogens (primary N) is 1. The Morgan fingerprint density at radius 2 is 1.77 bits per heavy atom. The number of nitrogens with zero attached hydrogens (tertiary/aromatic N) is 2. The monoisotopic (exact) mass is 373 g/mol. The van der Waals surface area contributed by atoms with Crippen LogP contribution in [0, 0.1) is 0 Å². The summed E-state index contributed by atoms with van der Waals surface area (Å²) < 4.78 is 23.5. The molecule has 10 heteroatoms. The van der Waals surface area contributed by atoms with Crippen molar-refractivity contribution >= 4 is 15.9 Å². The fraction of sp³-hybridized carbons (Fsp3) is 0.0625. The van der Waals surface area contributed by atoms with Crippen LogP contribution < -0.4 is 16.1 Å². The summed E-state index contributed by atoms with van der Waals surface area (Å²) in [5.41, 5.74) is 0.667. The summed E-state index contributed by atoms with van der Waals surface area (Å²) in [7, 11) is -3.76. The molecule has 0 aliphatic carbocycles. The lowest BCUT2D eigenvalue weighted by atomic mass is 10.2. The molecule has 0 saturated carbocycles. The van der Waals surface area contributed by atoms with Gasteiger partial charge in [-0.3, -0.25) is 9.78 Å². The van der Waals surface area contributed by atoms with E-state index in [1.807, 2.05) is 0 Å². The van der Waals surface area contributed by atoms with Gasteiger partial charge < -0.3 is 5.32 Å². The van der Waals surface area contributed by atoms with Gasteiger partial charge in [-0.1, -0.05) is 30.3 Å². The van der Waals surface area contributed by atoms with E-state index in [4.69, 9.17) is 5.14 Å². The summed E-state index contributed by atoms with van der Waals surface area (Å²) in [6.07, 6.45) is 0. The first-order valence-corrected chi connectivity index (χ1v) is 9.04. The van der Waals surface area contributed by atoms with Crippen LogP contribution in [0.15, 0.2) is 64.3 Å². The summed E-state index contributed by atoms with van der Waals surface area (Å²) in [6, 6.07) is 14.5. The molecule has 0 fully saturated rings. The van der Waals surface area contributed by atoms with Crippen molar-refractivity contribution in [3.8, 4) is 5.69 Å². The maximum atomic E-state index is 12.2. The second-order valence-corrected chi connectivity index (χ2v) is 6.96. The molecule has 0 spiro atoms. The van der Waals surface area contributed by atoms with Gasteiger partial charge >= 0.3 is 5.69 Å². The van der Waals surface area contributed by atoms with E-state index in [2.05, 4.69) is 15.4 Å². The molecule has 1 heterocycles. The number of carbonyl (C=O) groups excluding carboxylic acids is 1. The lowest BCUT2D eigenvalue weighted by molar-refractivity contribution is 0.0940. The molecular formula is C16H15N5O4S. The minimum absolute atomic E-state index is 0.0153. The normalized spacial score (nSPS) is 11.3. The molecule has 0 aliphatic heterocycles. The number of primary sulfonamides is 1. The molecule has 0 atom stereocenters. The van der Waals surface area contributed by atoms with Gasteiger partial charge in [0, 0.05) is 6.54 Å². The number of H-pyrrole nitrogens is 1. The molecule has 0 bridgehead atoms. The second kappa shape index (κ2) is 6.94. The predicted molar refractivity (Wildman–Crippen MR) is 93.2 cm³/mol. The molecule has 1 aromatic heterocycles. The Labute approximate surface area is 148 Å². The minimum atomic E-state index is -3.76. The number of hydrogen-bond acceptors (Lipinski definition) is 5. The van der Waals surface area contributed by atoms with E-state index in [0.29, 0.717) is 11.3 Å². The molecule has 0 unspecified atom stereocenters. The molecule has 2 aromatic carbocycles. The number of hydrogen-bond donors (Lipinski definition) is 3. The van der Waals surface area contributed by atoms with Crippen molar-refractivity contribution in [2.45, 2.75) is 11.4 Å². The lowest BCUT2D eigenvalue weighted by Crippen LogP contribution is -2.24. The number of carbonyl (C=O) groups is 1. The molecule has 0 saturated heterocycles. The maximum absolute atomic E-state index is 12.2. The molecule has 3 rings (SSSR count). The van der Waals surface area contributed by atoms with Crippen molar-refractivity contribution in [3.63, 3.8) is 0 Å². The van der Waals surface area contributed by atoms with Crippen molar-refractivity contribution in [1.82, 2.24) is 20.1 Å². The molecule has 3 aromatic rings. The zero-order chi connectivity index (χ0) is 18.7. The highest BCUT2D eigenvalue weighted by molar-refractivity contribution is 7.89. The van der Waals surface area contributed by atoms with E-state index < -0.39 is 21.6 Å². The maximum Gasteiger partial charge on any atom is 0.348 e. The largest absolute Gasteiger partial charge is 0.348 e. The molecule has 134 valence electrons. The molecule has 26 heavy (non-hydrogen) atoms. The van der Waals surface area contributed by atoms with Crippen molar-refractivity contribution < 1.29 is 13.2 Å². The first kappa shape index (κ1) is 17.6. The molecule has 0 aliphatic rings. The first-order valence-electron chi connectivity index (χ1n) is 7.49. The van der Waals surface area contributed by atoms with E-state index in [1.54, 1.807) is 30.3 Å². The Morgan fingerprint density at radius 1 is 1.12 bits per heavy atom. The Hall–Kier alpha value is -3.24. The highest BCUT2D eigenvalue weighted by Crippen LogP contribution is 2.08. The van der Waals surface area contributed by atoms with Crippen molar-refractivity contribution in [2.24, 2.45) is 5.14 Å². The van der Waals surface area contributed by atoms with E-state index >= 15 is 0 Å². The SMILES string of the molecule is NS(=O)(=O)c1ccc(CNC(=O)c2nn(-c3ccccc3)c(=O)[nH]2)cc1. The van der Waals surface area contributed by atoms with Crippen LogP contribution in [0.5, 0.6) is 0 Å². The van der Waals surface area contributed by atoms with Gasteiger partial charge in [0.05, 0.1) is 10.6 Å². The van der Waals surface area contributed by atoms with Gasteiger partial charge in [0.25, 0.3) is 5.91 Å². The van der Waals surface area contributed by atoms with Gasteiger partial charge in [0.2, 0.25) is 15.8 Å². The number of amides is 1. The van der Waals surface area contributed by atoms with E-state index in [-0.39, 0.29) is 17.3 Å². The molecule has 1 amide bonds. The van der Waals surface area contributed by atoms with Gasteiger partial charge in [0.15, 0.2) is 0 Å². The highest BCUT2D eigenvalue weighted by Gasteiger charge is 2.14. The summed E-state index contributed by atoms with van der Waals surface area (Å²) >= 11 is 0. The van der Waals surface area contributed by atoms with Crippen LogP contribution in [0.4, 0.5) is 0 Å². The van der Waals surface area contributed by atoms with E-state index in [9.17, 15) is 18.0 Å². The van der Waals surface area contributed by atoms with Crippen LogP contribution in [0.3, 0.4) is 0 Å². The first-order chi connectivity index (χ1) is 12.3. The average molecular weight is 373 g/mol. The molecule has 0 radical (unpaired) electrons. The Balaban J connectivity index is 1.70. The second-order valence-electron chi connectivity index (χ2n) is 5.40. The van der Waals surface area contributed by atoms with Crippen molar-refractivity contribution in [1.29, 1.82) is 0 Å². The summed E-state index contributed by atoms with van der Waals surface area (Å²) in [5.74, 6) is -0.688. The highest BCUT2D eigenvalue weighted by atomic mass is 32.2. The summed E-state index contributed by atoms with van der Waals surface area (Å²) in [6.45, 7) is 0.129. The van der Waals surface area contributed by atoms with E-state index in [1.165, 1.54) is 24.3 Å². The molecule has 4 N–H and O–H groups in total. The van der Waals surface area contributed by atoms with Gasteiger partial charge in [-0.15, -0.1) is 5.10 Å². The molecular weight excluding hydrogens is 358 g/mol. The number of para-hydroxylation sites is 1. The lowest BCUT2D eigenvalue weighted by Gasteiger charge is -2.04. The van der Waals surface area contributed by atoms with E-state index in [0.717, 1.165) is 4.68 Å². The number of aromatic amines is 1. The zero-order valence-electron chi connectivity index (χ0n) is 13.4. The number of sulfonamides is 1. The number of rotatable bonds is 5. The molecule has 9 nitrogen and oxygen atoms in total. The topological polar surface area (TPSA) is 140 Å². The Kier molecular flexibility index (Phi) is 4.69. The van der Waals surface area contributed by atoms with Crippen LogP contribution in [0.25, 0.3) is 5.69 Å². The summed E-state index contributed by atoms with van der Waals surface area (Å²) in [4.78, 5) is 26.5. The van der Waals surface area contributed by atoms with Crippen molar-refractivity contribution in [2.75, 3.05) is 0 Å². The van der Waals surface area contributed by atoms with Crippen LogP contribution in [-0.2, 0) is 16.6 Å². The fourth-order valence-corrected chi connectivity index (χ4v) is 2.75. The third-order valence-corrected chi connectivity index (χ3v) is 4.47. The van der Waals surface area contributed by atoms with Crippen LogP contribution in [0.1, 0.15) is 16.2 Å². The fourth-order valence-electron chi connectivity index (χ4n) is 2.23. The van der Waals surface area contributed by atoms with Gasteiger partial charge in [0.1, 0.15) is 0 Å². The predicted octanol–water partition coefficient (Wildman–Crippen LogP) is 0.138. The third kappa shape index (κ3) is 3.87. The average Bonchev–Trinajstić information content (AvgIpc) is 3.02. The van der Waals surface area contributed by atoms with Gasteiger partial charge in [-0.05, 0) is 29.8 Å². The zero-order valence-corrected chi connectivity index (χ0v) is 14.2.